The highest BCUT2D eigenvalue weighted by molar-refractivity contribution is 7.89. The minimum atomic E-state index is -3.71. The molecule has 1 aliphatic carbocycles. The SMILES string of the molecule is CCc1cc2occc(OC)c-2c1S(=O)(=O)NCc1ccccc1. The monoisotopic (exact) mass is 345 g/mol. The Hall–Kier alpha value is -2.31. The Bertz CT molecular complexity index is 900. The van der Waals surface area contributed by atoms with Crippen molar-refractivity contribution >= 4 is 10.0 Å². The normalized spacial score (nSPS) is 11.8. The molecule has 0 radical (unpaired) electrons. The first-order valence-electron chi connectivity index (χ1n) is 7.67. The molecule has 0 unspecified atom stereocenters. The number of benzene rings is 1. The molecular formula is C18H19NO4S. The van der Waals surface area contributed by atoms with Gasteiger partial charge in [-0.3, -0.25) is 0 Å². The van der Waals surface area contributed by atoms with Crippen LogP contribution in [-0.4, -0.2) is 15.5 Å². The van der Waals surface area contributed by atoms with E-state index < -0.39 is 10.0 Å². The number of rotatable bonds is 6. The number of sulfonamides is 1. The molecule has 24 heavy (non-hydrogen) atoms. The third-order valence-electron chi connectivity index (χ3n) is 3.91. The molecule has 0 saturated heterocycles. The van der Waals surface area contributed by atoms with Gasteiger partial charge in [-0.15, -0.1) is 0 Å². The van der Waals surface area contributed by atoms with Crippen LogP contribution in [0.2, 0.25) is 0 Å². The first-order valence-corrected chi connectivity index (χ1v) is 9.15. The lowest BCUT2D eigenvalue weighted by molar-refractivity contribution is 0.408. The first kappa shape index (κ1) is 16.5. The van der Waals surface area contributed by atoms with Crippen molar-refractivity contribution < 1.29 is 17.6 Å². The van der Waals surface area contributed by atoms with E-state index in [9.17, 15) is 8.42 Å². The van der Waals surface area contributed by atoms with Gasteiger partial charge in [-0.25, -0.2) is 13.1 Å². The molecule has 0 aromatic heterocycles. The predicted molar refractivity (Wildman–Crippen MR) is 91.7 cm³/mol. The van der Waals surface area contributed by atoms with E-state index >= 15 is 0 Å². The van der Waals surface area contributed by atoms with Gasteiger partial charge in [-0.2, -0.15) is 0 Å². The molecule has 1 aliphatic heterocycles. The molecule has 3 rings (SSSR count). The molecule has 0 amide bonds. The van der Waals surface area contributed by atoms with E-state index in [0.29, 0.717) is 29.1 Å². The van der Waals surface area contributed by atoms with Gasteiger partial charge in [-0.05, 0) is 23.6 Å². The number of aryl methyl sites for hydroxylation is 1. The number of methoxy groups -OCH3 is 1. The third kappa shape index (κ3) is 3.02. The van der Waals surface area contributed by atoms with Gasteiger partial charge in [0.25, 0.3) is 0 Å². The summed E-state index contributed by atoms with van der Waals surface area (Å²) >= 11 is 0. The molecule has 0 spiro atoms. The van der Waals surface area contributed by atoms with Crippen molar-refractivity contribution in [2.45, 2.75) is 24.8 Å². The highest BCUT2D eigenvalue weighted by Gasteiger charge is 2.30. The van der Waals surface area contributed by atoms with E-state index in [1.807, 2.05) is 37.3 Å². The standard InChI is InChI=1S/C18H19NO4S/c1-3-14-11-16-17(15(22-2)9-10-23-16)18(14)24(20,21)19-12-13-7-5-4-6-8-13/h4-11,19H,3,12H2,1-2H3. The maximum absolute atomic E-state index is 12.9. The maximum atomic E-state index is 12.9. The topological polar surface area (TPSA) is 68.5 Å². The zero-order valence-electron chi connectivity index (χ0n) is 13.6. The zero-order chi connectivity index (χ0) is 17.2. The summed E-state index contributed by atoms with van der Waals surface area (Å²) in [5.74, 6) is 0.988. The van der Waals surface area contributed by atoms with Crippen molar-refractivity contribution in [2.24, 2.45) is 0 Å². The number of hydrogen-bond donors (Lipinski definition) is 1. The molecule has 126 valence electrons. The van der Waals surface area contributed by atoms with E-state index in [1.165, 1.54) is 13.4 Å². The van der Waals surface area contributed by atoms with Crippen molar-refractivity contribution in [2.75, 3.05) is 7.11 Å². The summed E-state index contributed by atoms with van der Waals surface area (Å²) < 4.78 is 39.3. The fraction of sp³-hybridized carbons (Fsp3) is 0.222. The molecule has 1 N–H and O–H groups in total. The maximum Gasteiger partial charge on any atom is 0.242 e. The van der Waals surface area contributed by atoms with Crippen LogP contribution in [0.25, 0.3) is 11.3 Å². The summed E-state index contributed by atoms with van der Waals surface area (Å²) in [7, 11) is -2.19. The van der Waals surface area contributed by atoms with Gasteiger partial charge in [0, 0.05) is 12.6 Å². The number of nitrogens with one attached hydrogen (secondary N) is 1. The highest BCUT2D eigenvalue weighted by Crippen LogP contribution is 2.41. The zero-order valence-corrected chi connectivity index (χ0v) is 14.4. The second-order valence-electron chi connectivity index (χ2n) is 5.39. The van der Waals surface area contributed by atoms with E-state index in [-0.39, 0.29) is 11.4 Å². The van der Waals surface area contributed by atoms with Crippen molar-refractivity contribution in [3.05, 3.63) is 59.9 Å². The van der Waals surface area contributed by atoms with Gasteiger partial charge < -0.3 is 9.15 Å². The van der Waals surface area contributed by atoms with E-state index in [0.717, 1.165) is 5.56 Å². The molecule has 0 atom stereocenters. The van der Waals surface area contributed by atoms with Crippen LogP contribution in [0.4, 0.5) is 0 Å². The molecule has 1 aromatic carbocycles. The van der Waals surface area contributed by atoms with Crippen LogP contribution in [0.1, 0.15) is 18.1 Å². The van der Waals surface area contributed by atoms with Gasteiger partial charge in [0.05, 0.1) is 18.9 Å². The van der Waals surface area contributed by atoms with E-state index in [1.54, 1.807) is 12.1 Å². The Balaban J connectivity index is 2.03. The fourth-order valence-electron chi connectivity index (χ4n) is 2.73. The van der Waals surface area contributed by atoms with Crippen molar-refractivity contribution in [1.29, 1.82) is 0 Å². The molecule has 1 heterocycles. The fourth-order valence-corrected chi connectivity index (χ4v) is 4.25. The van der Waals surface area contributed by atoms with Crippen molar-refractivity contribution in [3.8, 4) is 17.1 Å². The van der Waals surface area contributed by atoms with Gasteiger partial charge in [0.2, 0.25) is 10.0 Å². The summed E-state index contributed by atoms with van der Waals surface area (Å²) in [5.41, 5.74) is 2.09. The van der Waals surface area contributed by atoms with Crippen molar-refractivity contribution in [1.82, 2.24) is 4.72 Å². The van der Waals surface area contributed by atoms with Crippen LogP contribution >= 0.6 is 0 Å². The largest absolute Gasteiger partial charge is 0.496 e. The van der Waals surface area contributed by atoms with Gasteiger partial charge >= 0.3 is 0 Å². The van der Waals surface area contributed by atoms with Gasteiger partial charge in [0.15, 0.2) is 0 Å². The Kier molecular flexibility index (Phi) is 4.59. The molecule has 6 heteroatoms. The number of fused-ring (bicyclic) bond motifs is 1. The number of ether oxygens (including phenoxy) is 1. The summed E-state index contributed by atoms with van der Waals surface area (Å²) in [4.78, 5) is 0.233. The summed E-state index contributed by atoms with van der Waals surface area (Å²) in [6, 6.07) is 12.8. The lowest BCUT2D eigenvalue weighted by Crippen LogP contribution is -2.24. The lowest BCUT2D eigenvalue weighted by atomic mass is 10.2. The molecular weight excluding hydrogens is 326 g/mol. The van der Waals surface area contributed by atoms with Crippen molar-refractivity contribution in [3.63, 3.8) is 0 Å². The smallest absolute Gasteiger partial charge is 0.242 e. The summed E-state index contributed by atoms with van der Waals surface area (Å²) in [5, 5.41) is 0. The minimum Gasteiger partial charge on any atom is -0.496 e. The predicted octanol–water partition coefficient (Wildman–Crippen LogP) is 3.43. The van der Waals surface area contributed by atoms with Crippen LogP contribution in [0.15, 0.2) is 58.0 Å². The second-order valence-corrected chi connectivity index (χ2v) is 7.09. The van der Waals surface area contributed by atoms with E-state index in [2.05, 4.69) is 4.72 Å². The molecule has 2 aliphatic rings. The summed E-state index contributed by atoms with van der Waals surface area (Å²) in [6.07, 6.45) is 2.07. The molecule has 0 bridgehead atoms. The van der Waals surface area contributed by atoms with E-state index in [4.69, 9.17) is 9.15 Å². The molecule has 0 fully saturated rings. The molecule has 1 aromatic rings. The van der Waals surface area contributed by atoms with Crippen LogP contribution in [0.3, 0.4) is 0 Å². The summed E-state index contributed by atoms with van der Waals surface area (Å²) in [6.45, 7) is 2.14. The molecule has 0 saturated carbocycles. The lowest BCUT2D eigenvalue weighted by Gasteiger charge is -2.12. The van der Waals surface area contributed by atoms with Crippen LogP contribution in [0, 0.1) is 0 Å². The first-order chi connectivity index (χ1) is 11.6. The highest BCUT2D eigenvalue weighted by atomic mass is 32.2. The second kappa shape index (κ2) is 6.67. The van der Waals surface area contributed by atoms with Gasteiger partial charge in [0.1, 0.15) is 16.4 Å². The van der Waals surface area contributed by atoms with Crippen LogP contribution in [0.5, 0.6) is 5.75 Å². The Morgan fingerprint density at radius 3 is 2.58 bits per heavy atom. The van der Waals surface area contributed by atoms with Crippen LogP contribution < -0.4 is 9.46 Å². The average Bonchev–Trinajstić information content (AvgIpc) is 3.00. The Labute approximate surface area is 141 Å². The quantitative estimate of drug-likeness (QED) is 0.743. The Morgan fingerprint density at radius 1 is 1.17 bits per heavy atom. The number of hydrogen-bond acceptors (Lipinski definition) is 4. The third-order valence-corrected chi connectivity index (χ3v) is 5.44. The Morgan fingerprint density at radius 2 is 1.92 bits per heavy atom. The van der Waals surface area contributed by atoms with Gasteiger partial charge in [-0.1, -0.05) is 37.3 Å². The van der Waals surface area contributed by atoms with Crippen LogP contribution in [-0.2, 0) is 23.0 Å². The average molecular weight is 345 g/mol. The minimum absolute atomic E-state index is 0.227. The molecule has 5 nitrogen and oxygen atoms in total.